The first-order valence-corrected chi connectivity index (χ1v) is 13.4. The van der Waals surface area contributed by atoms with Crippen molar-refractivity contribution < 1.29 is 9.47 Å². The molecular weight excluding hydrogens is 392 g/mol. The SMILES string of the molecule is C=C(/C=C/C1CCC(C2CCC(CCC)CC2)CC1)/C(OC)=C(/OC)C(=C)CCC.CC. The van der Waals surface area contributed by atoms with Crippen LogP contribution in [0.1, 0.15) is 105 Å². The Bertz CT molecular complexity index is 596. The molecule has 0 N–H and O–H groups in total. The van der Waals surface area contributed by atoms with E-state index >= 15 is 0 Å². The number of methoxy groups -OCH3 is 2. The van der Waals surface area contributed by atoms with E-state index < -0.39 is 0 Å². The molecule has 184 valence electrons. The van der Waals surface area contributed by atoms with Crippen LogP contribution < -0.4 is 0 Å². The summed E-state index contributed by atoms with van der Waals surface area (Å²) in [6.45, 7) is 16.9. The molecule has 2 nitrogen and oxygen atoms in total. The van der Waals surface area contributed by atoms with Gasteiger partial charge in [-0.2, -0.15) is 0 Å². The molecule has 0 spiro atoms. The molecule has 0 bridgehead atoms. The number of rotatable bonds is 11. The molecule has 0 aromatic carbocycles. The average Bonchev–Trinajstić information content (AvgIpc) is 2.83. The molecule has 2 aliphatic rings. The van der Waals surface area contributed by atoms with Crippen molar-refractivity contribution in [3.8, 4) is 0 Å². The number of allylic oxidation sites excluding steroid dienone is 3. The summed E-state index contributed by atoms with van der Waals surface area (Å²) in [5.41, 5.74) is 1.85. The van der Waals surface area contributed by atoms with Crippen molar-refractivity contribution in [2.24, 2.45) is 23.7 Å². The minimum Gasteiger partial charge on any atom is -0.493 e. The number of ether oxygens (including phenoxy) is 2. The van der Waals surface area contributed by atoms with E-state index in [1.54, 1.807) is 14.2 Å². The van der Waals surface area contributed by atoms with Gasteiger partial charge in [-0.15, -0.1) is 0 Å². The fourth-order valence-corrected chi connectivity index (χ4v) is 5.68. The van der Waals surface area contributed by atoms with Gasteiger partial charge in [-0.25, -0.2) is 0 Å². The molecule has 0 aliphatic heterocycles. The van der Waals surface area contributed by atoms with Crippen molar-refractivity contribution in [2.45, 2.75) is 105 Å². The Balaban J connectivity index is 0.00000249. The molecule has 32 heavy (non-hydrogen) atoms. The highest BCUT2D eigenvalue weighted by Gasteiger charge is 2.30. The highest BCUT2D eigenvalue weighted by atomic mass is 16.5. The van der Waals surface area contributed by atoms with Gasteiger partial charge < -0.3 is 9.47 Å². The third kappa shape index (κ3) is 8.83. The summed E-state index contributed by atoms with van der Waals surface area (Å²) < 4.78 is 11.2. The van der Waals surface area contributed by atoms with E-state index in [0.29, 0.717) is 11.7 Å². The van der Waals surface area contributed by atoms with Crippen LogP contribution in [0.15, 0.2) is 48.0 Å². The smallest absolute Gasteiger partial charge is 0.167 e. The summed E-state index contributed by atoms with van der Waals surface area (Å²) in [6, 6.07) is 0. The summed E-state index contributed by atoms with van der Waals surface area (Å²) in [7, 11) is 3.37. The van der Waals surface area contributed by atoms with E-state index in [9.17, 15) is 0 Å². The van der Waals surface area contributed by atoms with Gasteiger partial charge in [0.2, 0.25) is 0 Å². The van der Waals surface area contributed by atoms with Crippen LogP contribution in [0.2, 0.25) is 0 Å². The topological polar surface area (TPSA) is 18.5 Å². The Morgan fingerprint density at radius 1 is 0.781 bits per heavy atom. The van der Waals surface area contributed by atoms with Crippen LogP contribution in [0.25, 0.3) is 0 Å². The maximum Gasteiger partial charge on any atom is 0.167 e. The van der Waals surface area contributed by atoms with Crippen molar-refractivity contribution in [3.63, 3.8) is 0 Å². The summed E-state index contributed by atoms with van der Waals surface area (Å²) in [6.07, 6.45) is 20.6. The number of hydrogen-bond acceptors (Lipinski definition) is 2. The molecule has 2 fully saturated rings. The van der Waals surface area contributed by atoms with Crippen LogP contribution in [0.3, 0.4) is 0 Å². The van der Waals surface area contributed by atoms with E-state index in [1.165, 1.54) is 64.2 Å². The maximum absolute atomic E-state index is 5.64. The van der Waals surface area contributed by atoms with Gasteiger partial charge in [0.15, 0.2) is 11.5 Å². The van der Waals surface area contributed by atoms with E-state index in [-0.39, 0.29) is 0 Å². The molecule has 0 heterocycles. The van der Waals surface area contributed by atoms with Gasteiger partial charge >= 0.3 is 0 Å². The van der Waals surface area contributed by atoms with Gasteiger partial charge in [0.25, 0.3) is 0 Å². The zero-order valence-electron chi connectivity index (χ0n) is 22.2. The summed E-state index contributed by atoms with van der Waals surface area (Å²) in [5, 5.41) is 0. The monoisotopic (exact) mass is 444 g/mol. The third-order valence-electron chi connectivity index (χ3n) is 7.42. The van der Waals surface area contributed by atoms with Crippen molar-refractivity contribution in [1.82, 2.24) is 0 Å². The standard InChI is InChI=1S/C28H46O2.C2H6/c1-7-9-21(3)27(29-5)28(30-6)22(4)11-12-24-15-19-26(20-16-24)25-17-13-23(10-8-2)14-18-25;1-2/h11-12,23-26H,3-4,7-10,13-20H2,1-2,5-6H3;1-2H3/b12-11+,28-27-;. The molecule has 0 radical (unpaired) electrons. The Hall–Kier alpha value is -1.44. The average molecular weight is 445 g/mol. The zero-order valence-corrected chi connectivity index (χ0v) is 22.2. The Labute approximate surface area is 200 Å². The minimum atomic E-state index is 0.664. The second-order valence-corrected chi connectivity index (χ2v) is 9.55. The lowest BCUT2D eigenvalue weighted by Gasteiger charge is -2.37. The van der Waals surface area contributed by atoms with Crippen molar-refractivity contribution in [1.29, 1.82) is 0 Å². The van der Waals surface area contributed by atoms with Crippen molar-refractivity contribution in [3.05, 3.63) is 48.0 Å². The normalized spacial score (nSPS) is 26.6. The van der Waals surface area contributed by atoms with E-state index in [1.807, 2.05) is 13.8 Å². The molecule has 0 aromatic rings. The first kappa shape index (κ1) is 28.6. The lowest BCUT2D eigenvalue weighted by molar-refractivity contribution is 0.152. The van der Waals surface area contributed by atoms with Crippen LogP contribution in [0, 0.1) is 23.7 Å². The Morgan fingerprint density at radius 2 is 1.31 bits per heavy atom. The van der Waals surface area contributed by atoms with Gasteiger partial charge in [0, 0.05) is 5.57 Å². The molecular formula is C30H52O2. The molecule has 0 saturated heterocycles. The summed E-state index contributed by atoms with van der Waals surface area (Å²) in [4.78, 5) is 0. The van der Waals surface area contributed by atoms with Gasteiger partial charge in [-0.05, 0) is 74.2 Å². The highest BCUT2D eigenvalue weighted by molar-refractivity contribution is 5.41. The fourth-order valence-electron chi connectivity index (χ4n) is 5.68. The minimum absolute atomic E-state index is 0.664. The lowest BCUT2D eigenvalue weighted by Crippen LogP contribution is -2.25. The predicted molar refractivity (Wildman–Crippen MR) is 141 cm³/mol. The molecule has 0 unspecified atom stereocenters. The summed E-state index contributed by atoms with van der Waals surface area (Å²) >= 11 is 0. The maximum atomic E-state index is 5.64. The molecule has 0 atom stereocenters. The van der Waals surface area contributed by atoms with Crippen LogP contribution in [-0.4, -0.2) is 14.2 Å². The van der Waals surface area contributed by atoms with Crippen LogP contribution in [0.5, 0.6) is 0 Å². The van der Waals surface area contributed by atoms with Gasteiger partial charge in [0.1, 0.15) is 0 Å². The Morgan fingerprint density at radius 3 is 1.78 bits per heavy atom. The number of hydrogen-bond donors (Lipinski definition) is 0. The molecule has 2 heteroatoms. The predicted octanol–water partition coefficient (Wildman–Crippen LogP) is 9.40. The van der Waals surface area contributed by atoms with Crippen molar-refractivity contribution in [2.75, 3.05) is 14.2 Å². The van der Waals surface area contributed by atoms with Crippen LogP contribution >= 0.6 is 0 Å². The third-order valence-corrected chi connectivity index (χ3v) is 7.42. The van der Waals surface area contributed by atoms with E-state index in [0.717, 1.165) is 47.5 Å². The molecule has 0 aromatic heterocycles. The van der Waals surface area contributed by atoms with Gasteiger partial charge in [-0.1, -0.05) is 85.1 Å². The Kier molecular flexibility index (Phi) is 14.5. The highest BCUT2D eigenvalue weighted by Crippen LogP contribution is 2.42. The van der Waals surface area contributed by atoms with Crippen LogP contribution in [0.4, 0.5) is 0 Å². The second kappa shape index (κ2) is 16.2. The quantitative estimate of drug-likeness (QED) is 0.233. The van der Waals surface area contributed by atoms with Gasteiger partial charge in [0.05, 0.1) is 14.2 Å². The first-order chi connectivity index (χ1) is 15.5. The zero-order chi connectivity index (χ0) is 23.9. The largest absolute Gasteiger partial charge is 0.493 e. The molecule has 2 aliphatic carbocycles. The molecule has 0 amide bonds. The van der Waals surface area contributed by atoms with E-state index in [2.05, 4.69) is 39.2 Å². The molecule has 2 rings (SSSR count). The first-order valence-electron chi connectivity index (χ1n) is 13.4. The summed E-state index contributed by atoms with van der Waals surface area (Å²) in [5.74, 6) is 5.09. The fraction of sp³-hybridized carbons (Fsp3) is 0.733. The lowest BCUT2D eigenvalue weighted by atomic mass is 9.68. The van der Waals surface area contributed by atoms with E-state index in [4.69, 9.17) is 9.47 Å². The van der Waals surface area contributed by atoms with Gasteiger partial charge in [-0.3, -0.25) is 0 Å². The van der Waals surface area contributed by atoms with Crippen molar-refractivity contribution >= 4 is 0 Å². The molecule has 2 saturated carbocycles. The second-order valence-electron chi connectivity index (χ2n) is 9.55. The van der Waals surface area contributed by atoms with Crippen LogP contribution in [-0.2, 0) is 9.47 Å².